The van der Waals surface area contributed by atoms with Crippen LogP contribution < -0.4 is 9.13 Å². The lowest BCUT2D eigenvalue weighted by atomic mass is 10.0. The van der Waals surface area contributed by atoms with E-state index in [4.69, 9.17) is 0 Å². The summed E-state index contributed by atoms with van der Waals surface area (Å²) in [6.07, 6.45) is 44.2. The van der Waals surface area contributed by atoms with Crippen LogP contribution in [0, 0.1) is 0 Å². The van der Waals surface area contributed by atoms with E-state index in [1.807, 2.05) is 0 Å². The van der Waals surface area contributed by atoms with Gasteiger partial charge < -0.3 is 0 Å². The van der Waals surface area contributed by atoms with Crippen LogP contribution in [-0.4, -0.2) is 9.13 Å². The minimum absolute atomic E-state index is 1.18. The summed E-state index contributed by atoms with van der Waals surface area (Å²) in [4.78, 5) is 0. The molecule has 4 heteroatoms. The van der Waals surface area contributed by atoms with Crippen LogP contribution in [0.5, 0.6) is 0 Å². The van der Waals surface area contributed by atoms with Gasteiger partial charge in [-0.25, -0.2) is 18.3 Å². The molecular formula is C34H64N4+2. The number of nitrogens with zero attached hydrogens (tertiary/aromatic N) is 4. The smallest absolute Gasteiger partial charge is 0.237 e. The molecule has 0 spiro atoms. The Bertz CT molecular complexity index is 698. The summed E-state index contributed by atoms with van der Waals surface area (Å²) in [5.41, 5.74) is 0. The second-order valence-electron chi connectivity index (χ2n) is 11.8. The number of imidazole rings is 2. The van der Waals surface area contributed by atoms with Crippen molar-refractivity contribution in [1.82, 2.24) is 9.13 Å². The summed E-state index contributed by atoms with van der Waals surface area (Å²) in [5.74, 6) is 0. The molecule has 2 rings (SSSR count). The monoisotopic (exact) mass is 529 g/mol. The number of aryl methyl sites for hydroxylation is 4. The summed E-state index contributed by atoms with van der Waals surface area (Å²) in [5, 5.41) is 0. The molecule has 0 N–H and O–H groups in total. The summed E-state index contributed by atoms with van der Waals surface area (Å²) in [6, 6.07) is 0. The summed E-state index contributed by atoms with van der Waals surface area (Å²) in [7, 11) is 0. The molecule has 0 aromatic carbocycles. The van der Waals surface area contributed by atoms with E-state index < -0.39 is 0 Å². The van der Waals surface area contributed by atoms with Crippen LogP contribution in [0.2, 0.25) is 0 Å². The molecule has 0 aliphatic heterocycles. The normalized spacial score (nSPS) is 11.5. The van der Waals surface area contributed by atoms with Crippen molar-refractivity contribution >= 4 is 0 Å². The third-order valence-corrected chi connectivity index (χ3v) is 8.11. The highest BCUT2D eigenvalue weighted by atomic mass is 15.1. The molecule has 218 valence electrons. The summed E-state index contributed by atoms with van der Waals surface area (Å²) >= 11 is 0. The van der Waals surface area contributed by atoms with Crippen molar-refractivity contribution in [2.24, 2.45) is 0 Å². The molecule has 0 radical (unpaired) electrons. The highest BCUT2D eigenvalue weighted by molar-refractivity contribution is 4.67. The average molecular weight is 529 g/mol. The number of rotatable bonds is 27. The standard InChI is InChI=1S/C34H64N4/c1-3-5-7-21-25-35-29-31-37(33-35)27-23-19-17-15-13-11-9-10-12-14-16-18-20-24-28-38-32-30-36(34-38)26-22-8-6-4-2/h29-34H,3-28H2,1-2H3/q+2. The van der Waals surface area contributed by atoms with Crippen LogP contribution in [0.25, 0.3) is 0 Å². The first-order chi connectivity index (χ1) is 18.8. The molecule has 0 saturated heterocycles. The van der Waals surface area contributed by atoms with Gasteiger partial charge in [0.25, 0.3) is 0 Å². The molecule has 0 saturated carbocycles. The number of hydrogen-bond acceptors (Lipinski definition) is 0. The zero-order valence-corrected chi connectivity index (χ0v) is 25.6. The largest absolute Gasteiger partial charge is 0.243 e. The van der Waals surface area contributed by atoms with Crippen molar-refractivity contribution in [1.29, 1.82) is 0 Å². The van der Waals surface area contributed by atoms with Crippen molar-refractivity contribution < 1.29 is 9.13 Å². The van der Waals surface area contributed by atoms with Gasteiger partial charge in [-0.05, 0) is 51.4 Å². The molecule has 0 bridgehead atoms. The van der Waals surface area contributed by atoms with Gasteiger partial charge in [0.05, 0.1) is 26.2 Å². The Balaban J connectivity index is 1.28. The third-order valence-electron chi connectivity index (χ3n) is 8.11. The van der Waals surface area contributed by atoms with Crippen molar-refractivity contribution in [3.63, 3.8) is 0 Å². The highest BCUT2D eigenvalue weighted by Gasteiger charge is 2.04. The van der Waals surface area contributed by atoms with Crippen molar-refractivity contribution in [2.45, 2.75) is 181 Å². The van der Waals surface area contributed by atoms with E-state index in [1.54, 1.807) is 0 Å². The molecule has 38 heavy (non-hydrogen) atoms. The molecule has 2 heterocycles. The van der Waals surface area contributed by atoms with E-state index >= 15 is 0 Å². The maximum Gasteiger partial charge on any atom is 0.243 e. The fourth-order valence-corrected chi connectivity index (χ4v) is 5.56. The Kier molecular flexibility index (Phi) is 20.0. The second-order valence-corrected chi connectivity index (χ2v) is 11.8. The fraction of sp³-hybridized carbons (Fsp3) is 0.824. The van der Waals surface area contributed by atoms with Crippen molar-refractivity contribution in [3.05, 3.63) is 37.4 Å². The van der Waals surface area contributed by atoms with E-state index in [0.717, 1.165) is 0 Å². The van der Waals surface area contributed by atoms with Crippen LogP contribution in [0.4, 0.5) is 0 Å². The Morgan fingerprint density at radius 3 is 1.05 bits per heavy atom. The predicted molar refractivity (Wildman–Crippen MR) is 162 cm³/mol. The predicted octanol–water partition coefficient (Wildman–Crippen LogP) is 9.19. The van der Waals surface area contributed by atoms with Gasteiger partial charge in [0, 0.05) is 0 Å². The summed E-state index contributed by atoms with van der Waals surface area (Å²) in [6.45, 7) is 9.30. The van der Waals surface area contributed by atoms with E-state index in [2.05, 4.69) is 69.6 Å². The second kappa shape index (κ2) is 23.3. The van der Waals surface area contributed by atoms with Crippen LogP contribution in [-0.2, 0) is 26.2 Å². The lowest BCUT2D eigenvalue weighted by Gasteiger charge is -2.03. The quantitative estimate of drug-likeness (QED) is 0.0812. The minimum Gasteiger partial charge on any atom is -0.237 e. The molecule has 0 fully saturated rings. The molecule has 0 aliphatic rings. The average Bonchev–Trinajstić information content (AvgIpc) is 3.58. The van der Waals surface area contributed by atoms with Gasteiger partial charge in [0.2, 0.25) is 12.7 Å². The first-order valence-corrected chi connectivity index (χ1v) is 16.9. The van der Waals surface area contributed by atoms with Crippen molar-refractivity contribution in [3.8, 4) is 0 Å². The Morgan fingerprint density at radius 2 is 0.711 bits per heavy atom. The zero-order valence-electron chi connectivity index (χ0n) is 25.6. The van der Waals surface area contributed by atoms with Crippen LogP contribution in [0.3, 0.4) is 0 Å². The van der Waals surface area contributed by atoms with Crippen molar-refractivity contribution in [2.75, 3.05) is 0 Å². The van der Waals surface area contributed by atoms with Gasteiger partial charge in [0.15, 0.2) is 0 Å². The van der Waals surface area contributed by atoms with Gasteiger partial charge in [-0.3, -0.25) is 0 Å². The SMILES string of the molecule is CCCCCCn1cc[n+](CCCCCCCCCCCCCCCC[n+]2ccn(CCCCCC)c2)c1. The van der Waals surface area contributed by atoms with Gasteiger partial charge in [-0.1, -0.05) is 104 Å². The molecule has 0 aliphatic carbocycles. The Hall–Kier alpha value is -1.58. The lowest BCUT2D eigenvalue weighted by molar-refractivity contribution is -0.697. The van der Waals surface area contributed by atoms with Gasteiger partial charge in [-0.15, -0.1) is 0 Å². The number of unbranched alkanes of at least 4 members (excludes halogenated alkanes) is 19. The molecule has 0 unspecified atom stereocenters. The lowest BCUT2D eigenvalue weighted by Crippen LogP contribution is -2.30. The Morgan fingerprint density at radius 1 is 0.395 bits per heavy atom. The third kappa shape index (κ3) is 17.1. The van der Waals surface area contributed by atoms with Crippen LogP contribution >= 0.6 is 0 Å². The van der Waals surface area contributed by atoms with Crippen LogP contribution in [0.15, 0.2) is 37.4 Å². The first-order valence-electron chi connectivity index (χ1n) is 16.9. The molecule has 0 amide bonds. The molecule has 2 aromatic rings. The van der Waals surface area contributed by atoms with Gasteiger partial charge in [0.1, 0.15) is 24.8 Å². The van der Waals surface area contributed by atoms with E-state index in [1.165, 1.54) is 167 Å². The van der Waals surface area contributed by atoms with E-state index in [0.29, 0.717) is 0 Å². The van der Waals surface area contributed by atoms with E-state index in [-0.39, 0.29) is 0 Å². The number of hydrogen-bond donors (Lipinski definition) is 0. The fourth-order valence-electron chi connectivity index (χ4n) is 5.56. The molecule has 4 nitrogen and oxygen atoms in total. The topological polar surface area (TPSA) is 17.6 Å². The van der Waals surface area contributed by atoms with E-state index in [9.17, 15) is 0 Å². The minimum atomic E-state index is 1.18. The molecule has 2 aromatic heterocycles. The van der Waals surface area contributed by atoms with Crippen LogP contribution in [0.1, 0.15) is 155 Å². The highest BCUT2D eigenvalue weighted by Crippen LogP contribution is 2.13. The maximum absolute atomic E-state index is 2.38. The van der Waals surface area contributed by atoms with Gasteiger partial charge in [-0.2, -0.15) is 0 Å². The Labute approximate surface area is 236 Å². The summed E-state index contributed by atoms with van der Waals surface area (Å²) < 4.78 is 9.50. The number of aromatic nitrogens is 4. The molecule has 0 atom stereocenters. The molecular weight excluding hydrogens is 464 g/mol. The van der Waals surface area contributed by atoms with Gasteiger partial charge >= 0.3 is 0 Å². The zero-order chi connectivity index (χ0) is 26.9. The maximum atomic E-state index is 2.38. The first kappa shape index (κ1) is 32.6.